The highest BCUT2D eigenvalue weighted by Gasteiger charge is 2.22. The van der Waals surface area contributed by atoms with Crippen LogP contribution in [0, 0.1) is 6.92 Å². The van der Waals surface area contributed by atoms with E-state index in [0.717, 1.165) is 16.9 Å². The molecule has 0 spiro atoms. The van der Waals surface area contributed by atoms with Crippen molar-refractivity contribution >= 4 is 33.5 Å². The predicted molar refractivity (Wildman–Crippen MR) is 110 cm³/mol. The van der Waals surface area contributed by atoms with Crippen molar-refractivity contribution < 1.29 is 19.1 Å². The summed E-state index contributed by atoms with van der Waals surface area (Å²) in [6.07, 6.45) is 1.79. The highest BCUT2D eigenvalue weighted by Crippen LogP contribution is 2.27. The van der Waals surface area contributed by atoms with E-state index in [4.69, 9.17) is 9.47 Å². The smallest absolute Gasteiger partial charge is 0.348 e. The Morgan fingerprint density at radius 3 is 2.66 bits per heavy atom. The van der Waals surface area contributed by atoms with Gasteiger partial charge in [0, 0.05) is 0 Å². The number of benzene rings is 1. The first kappa shape index (κ1) is 20.7. The average molecular weight is 414 g/mol. The zero-order chi connectivity index (χ0) is 21.0. The van der Waals surface area contributed by atoms with Gasteiger partial charge < -0.3 is 9.47 Å². The molecule has 0 saturated carbocycles. The molecule has 29 heavy (non-hydrogen) atoms. The molecule has 3 aromatic rings. The van der Waals surface area contributed by atoms with Crippen molar-refractivity contribution in [2.75, 3.05) is 0 Å². The van der Waals surface area contributed by atoms with E-state index in [0.29, 0.717) is 27.1 Å². The number of ether oxygens (including phenoxy) is 2. The molecule has 0 aliphatic carbocycles. The van der Waals surface area contributed by atoms with E-state index in [1.165, 1.54) is 10.9 Å². The van der Waals surface area contributed by atoms with Gasteiger partial charge in [-0.15, -0.1) is 11.3 Å². The largest absolute Gasteiger partial charge is 0.459 e. The van der Waals surface area contributed by atoms with Gasteiger partial charge in [-0.1, -0.05) is 37.3 Å². The fourth-order valence-corrected chi connectivity index (χ4v) is 3.73. The van der Waals surface area contributed by atoms with Gasteiger partial charge in [0.2, 0.25) is 0 Å². The van der Waals surface area contributed by atoms with Crippen LogP contribution in [0.4, 0.5) is 0 Å². The molecule has 8 heteroatoms. The van der Waals surface area contributed by atoms with E-state index in [-0.39, 0.29) is 24.8 Å². The number of carbonyl (C=O) groups excluding carboxylic acids is 2. The highest BCUT2D eigenvalue weighted by atomic mass is 32.1. The first-order valence-corrected chi connectivity index (χ1v) is 10.1. The molecule has 0 amide bonds. The summed E-state index contributed by atoms with van der Waals surface area (Å²) in [5, 5.41) is 0.324. The Kier molecular flexibility index (Phi) is 6.43. The van der Waals surface area contributed by atoms with Crippen LogP contribution >= 0.6 is 11.3 Å². The van der Waals surface area contributed by atoms with Gasteiger partial charge in [0.15, 0.2) is 0 Å². The van der Waals surface area contributed by atoms with Gasteiger partial charge in [0.05, 0.1) is 17.8 Å². The maximum Gasteiger partial charge on any atom is 0.348 e. The topological polar surface area (TPSA) is 87.5 Å². The zero-order valence-electron chi connectivity index (χ0n) is 16.5. The second kappa shape index (κ2) is 9.00. The Balaban J connectivity index is 1.79. The fourth-order valence-electron chi connectivity index (χ4n) is 2.71. The first-order valence-electron chi connectivity index (χ1n) is 9.29. The maximum absolute atomic E-state index is 12.8. The highest BCUT2D eigenvalue weighted by molar-refractivity contribution is 7.20. The van der Waals surface area contributed by atoms with Gasteiger partial charge in [-0.3, -0.25) is 14.2 Å². The summed E-state index contributed by atoms with van der Waals surface area (Å²) in [5.74, 6) is -1.01. The molecule has 7 nitrogen and oxygen atoms in total. The molecule has 0 saturated heterocycles. The molecular formula is C21H22N2O5S. The van der Waals surface area contributed by atoms with Crippen molar-refractivity contribution in [1.82, 2.24) is 9.55 Å². The van der Waals surface area contributed by atoms with Crippen LogP contribution in [0.5, 0.6) is 0 Å². The van der Waals surface area contributed by atoms with Crippen molar-refractivity contribution in [2.24, 2.45) is 0 Å². The minimum absolute atomic E-state index is 0.132. The number of hydrogen-bond donors (Lipinski definition) is 0. The third kappa shape index (κ3) is 4.71. The summed E-state index contributed by atoms with van der Waals surface area (Å²) < 4.78 is 11.8. The number of thiophene rings is 1. The predicted octanol–water partition coefficient (Wildman–Crippen LogP) is 3.47. The Labute approximate surface area is 171 Å². The number of rotatable bonds is 7. The van der Waals surface area contributed by atoms with E-state index in [9.17, 15) is 14.4 Å². The lowest BCUT2D eigenvalue weighted by atomic mass is 10.2. The number of aromatic nitrogens is 2. The number of nitrogens with zero attached hydrogens (tertiary/aromatic N) is 2. The van der Waals surface area contributed by atoms with Crippen LogP contribution in [0.2, 0.25) is 0 Å². The molecule has 1 unspecified atom stereocenters. The van der Waals surface area contributed by atoms with E-state index in [1.54, 1.807) is 6.92 Å². The van der Waals surface area contributed by atoms with Crippen LogP contribution in [0.15, 0.2) is 41.5 Å². The quantitative estimate of drug-likeness (QED) is 0.550. The van der Waals surface area contributed by atoms with Crippen molar-refractivity contribution in [1.29, 1.82) is 0 Å². The Morgan fingerprint density at radius 2 is 1.97 bits per heavy atom. The summed E-state index contributed by atoms with van der Waals surface area (Å²) >= 11 is 1.12. The summed E-state index contributed by atoms with van der Waals surface area (Å²) in [4.78, 5) is 42.4. The number of hydrogen-bond acceptors (Lipinski definition) is 7. The van der Waals surface area contributed by atoms with E-state index in [1.807, 2.05) is 44.2 Å². The van der Waals surface area contributed by atoms with Gasteiger partial charge in [-0.25, -0.2) is 9.78 Å². The third-order valence-electron chi connectivity index (χ3n) is 4.53. The molecule has 0 aliphatic heterocycles. The fraction of sp³-hybridized carbons (Fsp3) is 0.333. The Bertz CT molecular complexity index is 1090. The van der Waals surface area contributed by atoms with E-state index >= 15 is 0 Å². The molecular weight excluding hydrogens is 392 g/mol. The second-order valence-corrected chi connectivity index (χ2v) is 7.68. The summed E-state index contributed by atoms with van der Waals surface area (Å²) in [6.45, 7) is 5.30. The molecule has 1 atom stereocenters. The first-order chi connectivity index (χ1) is 13.9. The number of aryl methyl sites for hydroxylation is 1. The molecule has 0 aliphatic rings. The van der Waals surface area contributed by atoms with Gasteiger partial charge in [-0.2, -0.15) is 0 Å². The lowest BCUT2D eigenvalue weighted by Gasteiger charge is -2.09. The van der Waals surface area contributed by atoms with Crippen LogP contribution in [-0.4, -0.2) is 27.6 Å². The van der Waals surface area contributed by atoms with Gasteiger partial charge in [0.25, 0.3) is 5.56 Å². The molecule has 1 aromatic carbocycles. The molecule has 0 bridgehead atoms. The Hall–Kier alpha value is -3.00. The average Bonchev–Trinajstić information content (AvgIpc) is 3.06. The van der Waals surface area contributed by atoms with Crippen molar-refractivity contribution in [2.45, 2.75) is 46.4 Å². The van der Waals surface area contributed by atoms with Crippen molar-refractivity contribution in [3.63, 3.8) is 0 Å². The molecule has 152 valence electrons. The summed E-state index contributed by atoms with van der Waals surface area (Å²) in [6, 6.07) is 9.29. The molecule has 2 aromatic heterocycles. The normalized spacial score (nSPS) is 12.0. The molecule has 0 radical (unpaired) electrons. The van der Waals surface area contributed by atoms with Crippen LogP contribution in [-0.2, 0) is 27.4 Å². The van der Waals surface area contributed by atoms with Crippen molar-refractivity contribution in [3.05, 3.63) is 63.0 Å². The lowest BCUT2D eigenvalue weighted by molar-refractivity contribution is -0.145. The van der Waals surface area contributed by atoms with Crippen LogP contribution in [0.1, 0.15) is 41.1 Å². The molecule has 0 N–H and O–H groups in total. The molecule has 2 heterocycles. The molecule has 3 rings (SSSR count). The third-order valence-corrected chi connectivity index (χ3v) is 5.71. The Morgan fingerprint density at radius 1 is 1.24 bits per heavy atom. The van der Waals surface area contributed by atoms with Gasteiger partial charge in [0.1, 0.15) is 22.9 Å². The standard InChI is InChI=1S/C21H22N2O5S/c1-4-13(2)28-21(26)18-14(3)17-19(29-18)22-12-23(20(17)25)10-16(24)27-11-15-8-6-5-7-9-15/h5-9,12-13H,4,10-11H2,1-3H3. The van der Waals surface area contributed by atoms with Crippen LogP contribution in [0.25, 0.3) is 10.2 Å². The number of esters is 2. The minimum Gasteiger partial charge on any atom is -0.459 e. The van der Waals surface area contributed by atoms with Crippen molar-refractivity contribution in [3.8, 4) is 0 Å². The van der Waals surface area contributed by atoms with Crippen LogP contribution < -0.4 is 5.56 Å². The SMILES string of the molecule is CCC(C)OC(=O)c1sc2ncn(CC(=O)OCc3ccccc3)c(=O)c2c1C. The summed E-state index contributed by atoms with van der Waals surface area (Å²) in [7, 11) is 0. The van der Waals surface area contributed by atoms with Gasteiger partial charge >= 0.3 is 11.9 Å². The zero-order valence-corrected chi connectivity index (χ0v) is 17.3. The molecule has 0 fully saturated rings. The van der Waals surface area contributed by atoms with E-state index in [2.05, 4.69) is 4.98 Å². The van der Waals surface area contributed by atoms with E-state index < -0.39 is 11.9 Å². The number of fused-ring (bicyclic) bond motifs is 1. The second-order valence-electron chi connectivity index (χ2n) is 6.68. The monoisotopic (exact) mass is 414 g/mol. The summed E-state index contributed by atoms with van der Waals surface area (Å²) in [5.41, 5.74) is 0.991. The number of carbonyl (C=O) groups is 2. The minimum atomic E-state index is -0.540. The lowest BCUT2D eigenvalue weighted by Crippen LogP contribution is -2.25. The van der Waals surface area contributed by atoms with Gasteiger partial charge in [-0.05, 0) is 31.4 Å². The van der Waals surface area contributed by atoms with Crippen LogP contribution in [0.3, 0.4) is 0 Å². The maximum atomic E-state index is 12.8.